The van der Waals surface area contributed by atoms with Crippen molar-refractivity contribution in [2.45, 2.75) is 31.8 Å². The fourth-order valence-electron chi connectivity index (χ4n) is 2.89. The fourth-order valence-corrected chi connectivity index (χ4v) is 2.89. The summed E-state index contributed by atoms with van der Waals surface area (Å²) in [5.41, 5.74) is 1.56. The number of hydrogen-bond donors (Lipinski definition) is 2. The molecule has 0 heterocycles. The Hall–Kier alpha value is -2.73. The summed E-state index contributed by atoms with van der Waals surface area (Å²) in [6.07, 6.45) is 2.32. The number of amides is 1. The fraction of sp³-hybridized carbons (Fsp3) is 0.316. The smallest absolute Gasteiger partial charge is 0.271 e. The minimum atomic E-state index is -0.476. The van der Waals surface area contributed by atoms with Crippen LogP contribution in [-0.2, 0) is 4.79 Å². The molecule has 6 heteroatoms. The SMILES string of the molecule is C[C@H](N[C@H](c1ccccc1)C1CC1)C(=O)Nc1cccc([N+](=O)[O-])c1. The van der Waals surface area contributed by atoms with Crippen LogP contribution in [0.15, 0.2) is 54.6 Å². The predicted octanol–water partition coefficient (Wildman–Crippen LogP) is 3.66. The molecule has 0 bridgehead atoms. The molecule has 2 atom stereocenters. The van der Waals surface area contributed by atoms with Crippen LogP contribution in [0.2, 0.25) is 0 Å². The van der Waals surface area contributed by atoms with Gasteiger partial charge in [-0.05, 0) is 37.3 Å². The van der Waals surface area contributed by atoms with Crippen molar-refractivity contribution >= 4 is 17.3 Å². The highest BCUT2D eigenvalue weighted by atomic mass is 16.6. The van der Waals surface area contributed by atoms with Crippen LogP contribution in [0.5, 0.6) is 0 Å². The van der Waals surface area contributed by atoms with Gasteiger partial charge in [-0.3, -0.25) is 20.2 Å². The Balaban J connectivity index is 1.65. The topological polar surface area (TPSA) is 84.3 Å². The summed E-state index contributed by atoms with van der Waals surface area (Å²) >= 11 is 0. The second-order valence-corrected chi connectivity index (χ2v) is 6.41. The molecule has 1 amide bonds. The highest BCUT2D eigenvalue weighted by Crippen LogP contribution is 2.41. The Bertz CT molecular complexity index is 760. The Labute approximate surface area is 146 Å². The van der Waals surface area contributed by atoms with Gasteiger partial charge in [-0.2, -0.15) is 0 Å². The summed E-state index contributed by atoms with van der Waals surface area (Å²) in [5.74, 6) is 0.345. The molecular weight excluding hydrogens is 318 g/mol. The molecule has 2 aromatic carbocycles. The van der Waals surface area contributed by atoms with Gasteiger partial charge in [-0.15, -0.1) is 0 Å². The molecule has 3 rings (SSSR count). The Morgan fingerprint density at radius 1 is 1.16 bits per heavy atom. The number of carbonyl (C=O) groups is 1. The van der Waals surface area contributed by atoms with Gasteiger partial charge < -0.3 is 5.32 Å². The van der Waals surface area contributed by atoms with Crippen LogP contribution >= 0.6 is 0 Å². The van der Waals surface area contributed by atoms with Crippen molar-refractivity contribution < 1.29 is 9.72 Å². The van der Waals surface area contributed by atoms with E-state index in [4.69, 9.17) is 0 Å². The molecule has 1 aliphatic rings. The number of benzene rings is 2. The molecule has 1 saturated carbocycles. The van der Waals surface area contributed by atoms with Crippen molar-refractivity contribution in [1.82, 2.24) is 5.32 Å². The molecule has 130 valence electrons. The van der Waals surface area contributed by atoms with Crippen LogP contribution < -0.4 is 10.6 Å². The lowest BCUT2D eigenvalue weighted by molar-refractivity contribution is -0.384. The lowest BCUT2D eigenvalue weighted by atomic mass is 10.0. The summed E-state index contributed by atoms with van der Waals surface area (Å²) in [6.45, 7) is 1.81. The van der Waals surface area contributed by atoms with Gasteiger partial charge in [0, 0.05) is 23.9 Å². The Morgan fingerprint density at radius 2 is 1.88 bits per heavy atom. The molecular formula is C19H21N3O3. The van der Waals surface area contributed by atoms with Crippen molar-refractivity contribution in [3.63, 3.8) is 0 Å². The average molecular weight is 339 g/mol. The van der Waals surface area contributed by atoms with E-state index in [2.05, 4.69) is 22.8 Å². The maximum atomic E-state index is 12.5. The van der Waals surface area contributed by atoms with Crippen LogP contribution in [-0.4, -0.2) is 16.9 Å². The molecule has 0 unspecified atom stereocenters. The molecule has 0 aliphatic heterocycles. The third kappa shape index (κ3) is 4.42. The van der Waals surface area contributed by atoms with Gasteiger partial charge in [0.25, 0.3) is 5.69 Å². The molecule has 2 aromatic rings. The van der Waals surface area contributed by atoms with Crippen LogP contribution in [0.3, 0.4) is 0 Å². The first-order valence-electron chi connectivity index (χ1n) is 8.41. The summed E-state index contributed by atoms with van der Waals surface area (Å²) < 4.78 is 0. The second kappa shape index (κ2) is 7.44. The van der Waals surface area contributed by atoms with Crippen LogP contribution in [0.1, 0.15) is 31.4 Å². The zero-order valence-corrected chi connectivity index (χ0v) is 14.0. The number of rotatable bonds is 7. The van der Waals surface area contributed by atoms with E-state index in [9.17, 15) is 14.9 Å². The third-order valence-electron chi connectivity index (χ3n) is 4.40. The van der Waals surface area contributed by atoms with Gasteiger partial charge in [-0.1, -0.05) is 36.4 Å². The van der Waals surface area contributed by atoms with E-state index in [1.807, 2.05) is 25.1 Å². The van der Waals surface area contributed by atoms with E-state index < -0.39 is 11.0 Å². The van der Waals surface area contributed by atoms with Gasteiger partial charge >= 0.3 is 0 Å². The second-order valence-electron chi connectivity index (χ2n) is 6.41. The Morgan fingerprint density at radius 3 is 2.52 bits per heavy atom. The number of nitro groups is 1. The first-order chi connectivity index (χ1) is 12.0. The van der Waals surface area contributed by atoms with Gasteiger partial charge in [-0.25, -0.2) is 0 Å². The number of nitro benzene ring substituents is 1. The molecule has 1 fully saturated rings. The number of nitrogens with zero attached hydrogens (tertiary/aromatic N) is 1. The summed E-state index contributed by atoms with van der Waals surface area (Å²) in [6, 6.07) is 15.8. The monoisotopic (exact) mass is 339 g/mol. The molecule has 0 spiro atoms. The maximum Gasteiger partial charge on any atom is 0.271 e. The number of carbonyl (C=O) groups excluding carboxylic acids is 1. The molecule has 0 aromatic heterocycles. The van der Waals surface area contributed by atoms with Crippen LogP contribution in [0.4, 0.5) is 11.4 Å². The van der Waals surface area contributed by atoms with Crippen LogP contribution in [0.25, 0.3) is 0 Å². The largest absolute Gasteiger partial charge is 0.324 e. The molecule has 0 saturated heterocycles. The van der Waals surface area contributed by atoms with E-state index in [0.717, 1.165) is 12.8 Å². The van der Waals surface area contributed by atoms with Gasteiger partial charge in [0.2, 0.25) is 5.91 Å². The predicted molar refractivity (Wildman–Crippen MR) is 96.2 cm³/mol. The van der Waals surface area contributed by atoms with Crippen molar-refractivity contribution in [2.24, 2.45) is 5.92 Å². The van der Waals surface area contributed by atoms with Crippen LogP contribution in [0, 0.1) is 16.0 Å². The van der Waals surface area contributed by atoms with E-state index in [0.29, 0.717) is 11.6 Å². The lowest BCUT2D eigenvalue weighted by Crippen LogP contribution is -2.40. The van der Waals surface area contributed by atoms with E-state index in [1.165, 1.54) is 17.7 Å². The molecule has 0 radical (unpaired) electrons. The van der Waals surface area contributed by atoms with Crippen molar-refractivity contribution in [3.8, 4) is 0 Å². The van der Waals surface area contributed by atoms with E-state index in [-0.39, 0.29) is 17.6 Å². The number of non-ortho nitro benzene ring substituents is 1. The van der Waals surface area contributed by atoms with Crippen molar-refractivity contribution in [1.29, 1.82) is 0 Å². The van der Waals surface area contributed by atoms with E-state index >= 15 is 0 Å². The van der Waals surface area contributed by atoms with Gasteiger partial charge in [0.1, 0.15) is 0 Å². The zero-order chi connectivity index (χ0) is 17.8. The summed E-state index contributed by atoms with van der Waals surface area (Å²) in [4.78, 5) is 22.8. The first kappa shape index (κ1) is 17.1. The summed E-state index contributed by atoms with van der Waals surface area (Å²) in [5, 5.41) is 17.0. The molecule has 2 N–H and O–H groups in total. The quantitative estimate of drug-likeness (QED) is 0.595. The third-order valence-corrected chi connectivity index (χ3v) is 4.40. The number of hydrogen-bond acceptors (Lipinski definition) is 4. The normalized spacial score (nSPS) is 16.0. The minimum Gasteiger partial charge on any atom is -0.324 e. The Kier molecular flexibility index (Phi) is 5.09. The number of nitrogens with one attached hydrogen (secondary N) is 2. The standard InChI is InChI=1S/C19H21N3O3/c1-13(19(23)21-16-8-5-9-17(12-16)22(24)25)20-18(15-10-11-15)14-6-3-2-4-7-14/h2-9,12-13,15,18,20H,10-11H2,1H3,(H,21,23)/t13-,18+/m0/s1. The van der Waals surface area contributed by atoms with Crippen molar-refractivity contribution in [3.05, 3.63) is 70.3 Å². The maximum absolute atomic E-state index is 12.5. The molecule has 6 nitrogen and oxygen atoms in total. The highest BCUT2D eigenvalue weighted by molar-refractivity contribution is 5.94. The number of anilines is 1. The van der Waals surface area contributed by atoms with Crippen molar-refractivity contribution in [2.75, 3.05) is 5.32 Å². The highest BCUT2D eigenvalue weighted by Gasteiger charge is 2.33. The molecule has 1 aliphatic carbocycles. The average Bonchev–Trinajstić information content (AvgIpc) is 3.45. The van der Waals surface area contributed by atoms with Gasteiger partial charge in [0.05, 0.1) is 11.0 Å². The van der Waals surface area contributed by atoms with E-state index in [1.54, 1.807) is 12.1 Å². The zero-order valence-electron chi connectivity index (χ0n) is 14.0. The van der Waals surface area contributed by atoms with Gasteiger partial charge in [0.15, 0.2) is 0 Å². The lowest BCUT2D eigenvalue weighted by Gasteiger charge is -2.23. The minimum absolute atomic E-state index is 0.0430. The molecule has 25 heavy (non-hydrogen) atoms. The summed E-state index contributed by atoms with van der Waals surface area (Å²) in [7, 11) is 0. The first-order valence-corrected chi connectivity index (χ1v) is 8.41.